The summed E-state index contributed by atoms with van der Waals surface area (Å²) in [7, 11) is 1.59. The minimum Gasteiger partial charge on any atom is -0.495 e. The van der Waals surface area contributed by atoms with Crippen molar-refractivity contribution < 1.29 is 14.6 Å². The van der Waals surface area contributed by atoms with Crippen molar-refractivity contribution in [3.05, 3.63) is 52.5 Å². The third-order valence-electron chi connectivity index (χ3n) is 5.74. The molecule has 0 spiro atoms. The molecule has 2 heterocycles. The van der Waals surface area contributed by atoms with Gasteiger partial charge in [-0.25, -0.2) is 0 Å². The van der Waals surface area contributed by atoms with Crippen molar-refractivity contribution >= 4 is 52.4 Å². The molecule has 0 aliphatic carbocycles. The Kier molecular flexibility index (Phi) is 7.64. The second-order valence-electron chi connectivity index (χ2n) is 7.84. The van der Waals surface area contributed by atoms with Gasteiger partial charge in [-0.3, -0.25) is 4.79 Å². The number of nitrogens with zero attached hydrogens (tertiary/aromatic N) is 3. The summed E-state index contributed by atoms with van der Waals surface area (Å²) in [6.45, 7) is 3.91. The molecule has 1 fully saturated rings. The topological polar surface area (TPSA) is 87.6 Å². The van der Waals surface area contributed by atoms with Crippen LogP contribution in [0.25, 0.3) is 10.8 Å². The van der Waals surface area contributed by atoms with E-state index < -0.39 is 5.97 Å². The predicted molar refractivity (Wildman–Crippen MR) is 129 cm³/mol. The van der Waals surface area contributed by atoms with E-state index in [0.29, 0.717) is 49.1 Å². The number of carboxylic acid groups (broad SMARTS) is 1. The number of halogens is 2. The van der Waals surface area contributed by atoms with E-state index in [1.165, 1.54) is 0 Å². The Balaban J connectivity index is 0.00000289. The first-order valence-corrected chi connectivity index (χ1v) is 10.6. The van der Waals surface area contributed by atoms with Crippen LogP contribution in [0.5, 0.6) is 5.75 Å². The molecule has 3 aromatic rings. The number of anilines is 2. The van der Waals surface area contributed by atoms with E-state index in [1.54, 1.807) is 7.11 Å². The van der Waals surface area contributed by atoms with E-state index in [4.69, 9.17) is 16.3 Å². The first kappa shape index (κ1) is 23.9. The quantitative estimate of drug-likeness (QED) is 0.520. The van der Waals surface area contributed by atoms with Crippen LogP contribution >= 0.6 is 24.0 Å². The first-order chi connectivity index (χ1) is 15.0. The average molecular weight is 477 g/mol. The van der Waals surface area contributed by atoms with Crippen molar-refractivity contribution in [2.24, 2.45) is 5.92 Å². The Labute approximate surface area is 198 Å². The van der Waals surface area contributed by atoms with Crippen LogP contribution in [0.3, 0.4) is 0 Å². The minimum atomic E-state index is -0.718. The fraction of sp³-hybridized carbons (Fsp3) is 0.348. The molecule has 0 amide bonds. The van der Waals surface area contributed by atoms with Gasteiger partial charge in [0.15, 0.2) is 11.6 Å². The number of hydrogen-bond donors (Lipinski definition) is 2. The maximum Gasteiger partial charge on any atom is 0.306 e. The van der Waals surface area contributed by atoms with Crippen molar-refractivity contribution in [1.29, 1.82) is 0 Å². The number of hydrogen-bond acceptors (Lipinski definition) is 6. The number of aromatic nitrogens is 2. The number of aliphatic carboxylic acids is 1. The van der Waals surface area contributed by atoms with Gasteiger partial charge < -0.3 is 20.1 Å². The lowest BCUT2D eigenvalue weighted by Crippen LogP contribution is -2.37. The molecule has 0 saturated carbocycles. The fourth-order valence-corrected chi connectivity index (χ4v) is 4.24. The largest absolute Gasteiger partial charge is 0.495 e. The van der Waals surface area contributed by atoms with Gasteiger partial charge in [-0.1, -0.05) is 35.4 Å². The van der Waals surface area contributed by atoms with Crippen LogP contribution in [0.4, 0.5) is 11.6 Å². The zero-order valence-corrected chi connectivity index (χ0v) is 19.5. The van der Waals surface area contributed by atoms with Gasteiger partial charge in [-0.2, -0.15) is 0 Å². The van der Waals surface area contributed by atoms with Gasteiger partial charge in [0.2, 0.25) is 0 Å². The van der Waals surface area contributed by atoms with Gasteiger partial charge in [-0.15, -0.1) is 22.6 Å². The number of piperidine rings is 1. The highest BCUT2D eigenvalue weighted by atomic mass is 35.5. The molecule has 0 unspecified atom stereocenters. The zero-order valence-electron chi connectivity index (χ0n) is 18.0. The maximum atomic E-state index is 11.3. The van der Waals surface area contributed by atoms with Crippen LogP contribution in [0.15, 0.2) is 36.4 Å². The Morgan fingerprint density at radius 3 is 2.59 bits per heavy atom. The van der Waals surface area contributed by atoms with Gasteiger partial charge in [0, 0.05) is 30.4 Å². The highest BCUT2D eigenvalue weighted by Gasteiger charge is 2.26. The average Bonchev–Trinajstić information content (AvgIpc) is 2.77. The number of nitrogens with one attached hydrogen (secondary N) is 1. The SMILES string of the molecule is COc1ccc(CNc2nnc(N3CCC(C(=O)O)CC3)c3ccc(C)cc23)cc1Cl.Cl. The molecule has 1 saturated heterocycles. The number of ether oxygens (including phenoxy) is 1. The molecule has 1 aliphatic rings. The Morgan fingerprint density at radius 1 is 1.19 bits per heavy atom. The van der Waals surface area contributed by atoms with Gasteiger partial charge in [0.1, 0.15) is 5.75 Å². The molecule has 1 aromatic heterocycles. The lowest BCUT2D eigenvalue weighted by atomic mass is 9.97. The van der Waals surface area contributed by atoms with Crippen LogP contribution in [0.1, 0.15) is 24.0 Å². The van der Waals surface area contributed by atoms with Crippen molar-refractivity contribution in [2.45, 2.75) is 26.3 Å². The number of fused-ring (bicyclic) bond motifs is 1. The van der Waals surface area contributed by atoms with Crippen molar-refractivity contribution in [2.75, 3.05) is 30.4 Å². The van der Waals surface area contributed by atoms with Crippen LogP contribution < -0.4 is 15.0 Å². The molecule has 2 N–H and O–H groups in total. The van der Waals surface area contributed by atoms with Crippen LogP contribution in [-0.4, -0.2) is 41.5 Å². The van der Waals surface area contributed by atoms with Crippen LogP contribution in [0, 0.1) is 12.8 Å². The Morgan fingerprint density at radius 2 is 1.94 bits per heavy atom. The zero-order chi connectivity index (χ0) is 22.0. The Hall–Kier alpha value is -2.77. The van der Waals surface area contributed by atoms with Gasteiger partial charge in [0.25, 0.3) is 0 Å². The number of methoxy groups -OCH3 is 1. The maximum absolute atomic E-state index is 11.3. The van der Waals surface area contributed by atoms with E-state index in [9.17, 15) is 9.90 Å². The van der Waals surface area contributed by atoms with Gasteiger partial charge >= 0.3 is 5.97 Å². The summed E-state index contributed by atoms with van der Waals surface area (Å²) in [4.78, 5) is 13.4. The molecule has 1 aliphatic heterocycles. The highest BCUT2D eigenvalue weighted by Crippen LogP contribution is 2.32. The summed E-state index contributed by atoms with van der Waals surface area (Å²) >= 11 is 6.24. The molecule has 4 rings (SSSR count). The summed E-state index contributed by atoms with van der Waals surface area (Å²) in [6, 6.07) is 11.9. The van der Waals surface area contributed by atoms with E-state index >= 15 is 0 Å². The molecule has 32 heavy (non-hydrogen) atoms. The molecule has 0 atom stereocenters. The van der Waals surface area contributed by atoms with Gasteiger partial charge in [-0.05, 0) is 43.5 Å². The number of carboxylic acids is 1. The molecular formula is C23H26Cl2N4O3. The first-order valence-electron chi connectivity index (χ1n) is 10.3. The van der Waals surface area contributed by atoms with Crippen molar-refractivity contribution in [1.82, 2.24) is 10.2 Å². The molecular weight excluding hydrogens is 451 g/mol. The normalized spacial score (nSPS) is 14.2. The van der Waals surface area contributed by atoms with Gasteiger partial charge in [0.05, 0.1) is 18.1 Å². The third kappa shape index (κ3) is 5.00. The van der Waals surface area contributed by atoms with Crippen LogP contribution in [-0.2, 0) is 11.3 Å². The summed E-state index contributed by atoms with van der Waals surface area (Å²) < 4.78 is 5.21. The molecule has 9 heteroatoms. The lowest BCUT2D eigenvalue weighted by molar-refractivity contribution is -0.142. The van der Waals surface area contributed by atoms with E-state index in [1.807, 2.05) is 25.1 Å². The number of rotatable bonds is 6. The molecule has 170 valence electrons. The number of aryl methyl sites for hydroxylation is 1. The van der Waals surface area contributed by atoms with E-state index in [0.717, 1.165) is 27.7 Å². The van der Waals surface area contributed by atoms with E-state index in [2.05, 4.69) is 38.6 Å². The fourth-order valence-electron chi connectivity index (χ4n) is 3.96. The highest BCUT2D eigenvalue weighted by molar-refractivity contribution is 6.32. The number of carbonyl (C=O) groups is 1. The Bertz CT molecular complexity index is 1120. The summed E-state index contributed by atoms with van der Waals surface area (Å²) in [5, 5.41) is 24.2. The lowest BCUT2D eigenvalue weighted by Gasteiger charge is -2.31. The minimum absolute atomic E-state index is 0. The monoisotopic (exact) mass is 476 g/mol. The predicted octanol–water partition coefficient (Wildman–Crippen LogP) is 4.94. The van der Waals surface area contributed by atoms with Crippen molar-refractivity contribution in [3.8, 4) is 5.75 Å². The molecule has 0 radical (unpaired) electrons. The van der Waals surface area contributed by atoms with Crippen molar-refractivity contribution in [3.63, 3.8) is 0 Å². The standard InChI is InChI=1S/C23H25ClN4O3.ClH/c1-14-3-5-17-18(11-14)21(25-13-15-4-6-20(31-2)19(24)12-15)26-27-22(17)28-9-7-16(8-10-28)23(29)30;/h3-6,11-12,16H,7-10,13H2,1-2H3,(H,25,26)(H,29,30);1H. The number of benzene rings is 2. The van der Waals surface area contributed by atoms with E-state index in [-0.39, 0.29) is 18.3 Å². The molecule has 2 aromatic carbocycles. The summed E-state index contributed by atoms with van der Waals surface area (Å²) in [5.74, 6) is 1.15. The summed E-state index contributed by atoms with van der Waals surface area (Å²) in [5.41, 5.74) is 2.14. The second-order valence-corrected chi connectivity index (χ2v) is 8.25. The second kappa shape index (κ2) is 10.2. The summed E-state index contributed by atoms with van der Waals surface area (Å²) in [6.07, 6.45) is 1.23. The van der Waals surface area contributed by atoms with Crippen LogP contribution in [0.2, 0.25) is 5.02 Å². The third-order valence-corrected chi connectivity index (χ3v) is 6.03. The molecule has 7 nitrogen and oxygen atoms in total. The smallest absolute Gasteiger partial charge is 0.306 e. The molecule has 0 bridgehead atoms.